The van der Waals surface area contributed by atoms with Crippen LogP contribution in [0.15, 0.2) is 0 Å². The SMILES string of the molecule is CC(O)CN1CCN(C)C(C)C1=O. The summed E-state index contributed by atoms with van der Waals surface area (Å²) in [5.41, 5.74) is 0. The van der Waals surface area contributed by atoms with E-state index < -0.39 is 6.10 Å². The Labute approximate surface area is 79.1 Å². The first-order valence-electron chi connectivity index (χ1n) is 4.69. The molecule has 1 amide bonds. The molecule has 4 heteroatoms. The van der Waals surface area contributed by atoms with Crippen LogP contribution >= 0.6 is 0 Å². The molecule has 0 aromatic heterocycles. The molecule has 0 aromatic rings. The van der Waals surface area contributed by atoms with Crippen molar-refractivity contribution in [1.82, 2.24) is 9.80 Å². The van der Waals surface area contributed by atoms with Gasteiger partial charge < -0.3 is 10.0 Å². The summed E-state index contributed by atoms with van der Waals surface area (Å²) in [7, 11) is 1.95. The molecule has 76 valence electrons. The van der Waals surface area contributed by atoms with Crippen LogP contribution in [0.4, 0.5) is 0 Å². The van der Waals surface area contributed by atoms with Gasteiger partial charge >= 0.3 is 0 Å². The van der Waals surface area contributed by atoms with Crippen molar-refractivity contribution >= 4 is 5.91 Å². The Morgan fingerprint density at radius 3 is 2.77 bits per heavy atom. The largest absolute Gasteiger partial charge is 0.392 e. The molecule has 1 heterocycles. The Hall–Kier alpha value is -0.610. The predicted molar refractivity (Wildman–Crippen MR) is 50.4 cm³/mol. The van der Waals surface area contributed by atoms with Crippen molar-refractivity contribution in [3.05, 3.63) is 0 Å². The van der Waals surface area contributed by atoms with E-state index in [1.165, 1.54) is 0 Å². The second-order valence-electron chi connectivity index (χ2n) is 3.79. The summed E-state index contributed by atoms with van der Waals surface area (Å²) in [4.78, 5) is 15.4. The highest BCUT2D eigenvalue weighted by Crippen LogP contribution is 2.08. The van der Waals surface area contributed by atoms with Crippen molar-refractivity contribution in [2.24, 2.45) is 0 Å². The number of hydrogen-bond acceptors (Lipinski definition) is 3. The quantitative estimate of drug-likeness (QED) is 0.634. The van der Waals surface area contributed by atoms with E-state index >= 15 is 0 Å². The number of likely N-dealkylation sites (N-methyl/N-ethyl adjacent to an activating group) is 1. The van der Waals surface area contributed by atoms with Crippen LogP contribution in [0.1, 0.15) is 13.8 Å². The number of hydrogen-bond donors (Lipinski definition) is 1. The standard InChI is InChI=1S/C9H18N2O2/c1-7(12)6-11-5-4-10(3)8(2)9(11)13/h7-8,12H,4-6H2,1-3H3. The van der Waals surface area contributed by atoms with E-state index in [1.54, 1.807) is 11.8 Å². The van der Waals surface area contributed by atoms with Gasteiger partial charge in [-0.1, -0.05) is 0 Å². The lowest BCUT2D eigenvalue weighted by Crippen LogP contribution is -2.55. The molecule has 0 saturated carbocycles. The lowest BCUT2D eigenvalue weighted by atomic mass is 10.2. The zero-order chi connectivity index (χ0) is 10.0. The number of carbonyl (C=O) groups excluding carboxylic acids is 1. The molecule has 4 nitrogen and oxygen atoms in total. The highest BCUT2D eigenvalue weighted by atomic mass is 16.3. The first-order valence-corrected chi connectivity index (χ1v) is 4.69. The minimum absolute atomic E-state index is 0.0486. The lowest BCUT2D eigenvalue weighted by Gasteiger charge is -2.37. The van der Waals surface area contributed by atoms with E-state index in [9.17, 15) is 4.79 Å². The number of aliphatic hydroxyl groups is 1. The summed E-state index contributed by atoms with van der Waals surface area (Å²) in [6, 6.07) is -0.0486. The molecule has 1 aliphatic rings. The molecule has 1 N–H and O–H groups in total. The Morgan fingerprint density at radius 1 is 1.62 bits per heavy atom. The highest BCUT2D eigenvalue weighted by molar-refractivity contribution is 5.82. The Kier molecular flexibility index (Phi) is 3.27. The fourth-order valence-electron chi connectivity index (χ4n) is 1.54. The van der Waals surface area contributed by atoms with Crippen molar-refractivity contribution < 1.29 is 9.90 Å². The van der Waals surface area contributed by atoms with Gasteiger partial charge in [-0.3, -0.25) is 9.69 Å². The first-order chi connectivity index (χ1) is 6.02. The molecule has 13 heavy (non-hydrogen) atoms. The van der Waals surface area contributed by atoms with Crippen LogP contribution in [0.3, 0.4) is 0 Å². The number of piperazine rings is 1. The van der Waals surface area contributed by atoms with E-state index in [0.29, 0.717) is 6.54 Å². The van der Waals surface area contributed by atoms with E-state index in [1.807, 2.05) is 18.9 Å². The van der Waals surface area contributed by atoms with Crippen molar-refractivity contribution in [2.45, 2.75) is 26.0 Å². The highest BCUT2D eigenvalue weighted by Gasteiger charge is 2.29. The molecule has 0 bridgehead atoms. The number of aliphatic hydroxyl groups excluding tert-OH is 1. The number of rotatable bonds is 2. The molecular weight excluding hydrogens is 168 g/mol. The second kappa shape index (κ2) is 4.07. The normalized spacial score (nSPS) is 27.8. The zero-order valence-corrected chi connectivity index (χ0v) is 8.53. The summed E-state index contributed by atoms with van der Waals surface area (Å²) < 4.78 is 0. The molecule has 1 aliphatic heterocycles. The number of carbonyl (C=O) groups is 1. The smallest absolute Gasteiger partial charge is 0.239 e. The lowest BCUT2D eigenvalue weighted by molar-refractivity contribution is -0.141. The summed E-state index contributed by atoms with van der Waals surface area (Å²) in [6.07, 6.45) is -0.431. The van der Waals surface area contributed by atoms with Crippen LogP contribution in [-0.2, 0) is 4.79 Å². The van der Waals surface area contributed by atoms with Crippen LogP contribution in [0.25, 0.3) is 0 Å². The molecule has 0 aliphatic carbocycles. The van der Waals surface area contributed by atoms with Crippen LogP contribution in [-0.4, -0.2) is 59.6 Å². The van der Waals surface area contributed by atoms with E-state index in [4.69, 9.17) is 5.11 Å². The maximum Gasteiger partial charge on any atom is 0.239 e. The third-order valence-corrected chi connectivity index (χ3v) is 2.54. The number of nitrogens with zero attached hydrogens (tertiary/aromatic N) is 2. The van der Waals surface area contributed by atoms with Gasteiger partial charge in [0.2, 0.25) is 5.91 Å². The van der Waals surface area contributed by atoms with Crippen LogP contribution in [0.2, 0.25) is 0 Å². The summed E-state index contributed by atoms with van der Waals surface area (Å²) in [5, 5.41) is 9.17. The van der Waals surface area contributed by atoms with Crippen molar-refractivity contribution in [3.63, 3.8) is 0 Å². The number of amides is 1. The van der Waals surface area contributed by atoms with E-state index in [0.717, 1.165) is 13.1 Å². The van der Waals surface area contributed by atoms with Gasteiger partial charge in [0.25, 0.3) is 0 Å². The van der Waals surface area contributed by atoms with Crippen molar-refractivity contribution in [3.8, 4) is 0 Å². The maximum atomic E-state index is 11.6. The third-order valence-electron chi connectivity index (χ3n) is 2.54. The predicted octanol–water partition coefficient (Wildman–Crippen LogP) is -0.470. The van der Waals surface area contributed by atoms with Crippen molar-refractivity contribution in [2.75, 3.05) is 26.7 Å². The van der Waals surface area contributed by atoms with Gasteiger partial charge in [0.1, 0.15) is 0 Å². The van der Waals surface area contributed by atoms with Gasteiger partial charge in [-0.05, 0) is 20.9 Å². The Balaban J connectivity index is 2.54. The number of β-amino-alcohol motifs (C(OH)–C–C–N with tert-alkyl or cyclic N) is 1. The van der Waals surface area contributed by atoms with Crippen LogP contribution < -0.4 is 0 Å². The molecule has 1 rings (SSSR count). The van der Waals surface area contributed by atoms with Gasteiger partial charge in [0.05, 0.1) is 12.1 Å². The fraction of sp³-hybridized carbons (Fsp3) is 0.889. The third kappa shape index (κ3) is 2.42. The van der Waals surface area contributed by atoms with Gasteiger partial charge in [-0.2, -0.15) is 0 Å². The van der Waals surface area contributed by atoms with Crippen molar-refractivity contribution in [1.29, 1.82) is 0 Å². The van der Waals surface area contributed by atoms with Gasteiger partial charge in [-0.25, -0.2) is 0 Å². The molecule has 0 radical (unpaired) electrons. The van der Waals surface area contributed by atoms with Crippen LogP contribution in [0.5, 0.6) is 0 Å². The minimum atomic E-state index is -0.431. The van der Waals surface area contributed by atoms with E-state index in [2.05, 4.69) is 0 Å². The Bertz CT molecular complexity index is 194. The molecule has 1 saturated heterocycles. The van der Waals surface area contributed by atoms with Gasteiger partial charge in [-0.15, -0.1) is 0 Å². The summed E-state index contributed by atoms with van der Waals surface area (Å²) in [6.45, 7) is 5.67. The van der Waals surface area contributed by atoms with Gasteiger partial charge in [0, 0.05) is 19.6 Å². The summed E-state index contributed by atoms with van der Waals surface area (Å²) in [5.74, 6) is 0.120. The average molecular weight is 186 g/mol. The maximum absolute atomic E-state index is 11.6. The van der Waals surface area contributed by atoms with Gasteiger partial charge in [0.15, 0.2) is 0 Å². The Morgan fingerprint density at radius 2 is 2.23 bits per heavy atom. The molecular formula is C9H18N2O2. The molecule has 2 unspecified atom stereocenters. The monoisotopic (exact) mass is 186 g/mol. The minimum Gasteiger partial charge on any atom is -0.392 e. The molecule has 0 aromatic carbocycles. The molecule has 1 fully saturated rings. The first kappa shape index (κ1) is 10.5. The molecule has 2 atom stereocenters. The van der Waals surface area contributed by atoms with Crippen LogP contribution in [0, 0.1) is 0 Å². The zero-order valence-electron chi connectivity index (χ0n) is 8.53. The summed E-state index contributed by atoms with van der Waals surface area (Å²) >= 11 is 0. The second-order valence-corrected chi connectivity index (χ2v) is 3.79. The topological polar surface area (TPSA) is 43.8 Å². The molecule has 0 spiro atoms. The fourth-order valence-corrected chi connectivity index (χ4v) is 1.54. The van der Waals surface area contributed by atoms with E-state index in [-0.39, 0.29) is 11.9 Å². The average Bonchev–Trinajstić information content (AvgIpc) is 2.06.